The number of hydrogen-bond acceptors (Lipinski definition) is 2. The fraction of sp³-hybridized carbons (Fsp3) is 0.583. The van der Waals surface area contributed by atoms with Gasteiger partial charge in [-0.1, -0.05) is 45.7 Å². The third-order valence-corrected chi connectivity index (χ3v) is 5.57. The van der Waals surface area contributed by atoms with Crippen LogP contribution < -0.4 is 9.47 Å². The summed E-state index contributed by atoms with van der Waals surface area (Å²) >= 11 is 6.18. The van der Waals surface area contributed by atoms with E-state index < -0.39 is 0 Å². The minimum Gasteiger partial charge on any atom is -0.494 e. The second kappa shape index (κ2) is 12.1. The van der Waals surface area contributed by atoms with Crippen LogP contribution in [0.4, 0.5) is 0 Å². The van der Waals surface area contributed by atoms with Crippen LogP contribution in [0.2, 0.25) is 0 Å². The summed E-state index contributed by atoms with van der Waals surface area (Å²) in [5.41, 5.74) is 1.29. The Morgan fingerprint density at radius 3 is 2.41 bits per heavy atom. The van der Waals surface area contributed by atoms with Gasteiger partial charge in [-0.15, -0.1) is 11.6 Å². The van der Waals surface area contributed by atoms with Crippen LogP contribution in [-0.2, 0) is 6.42 Å². The number of hydrogen-bond donors (Lipinski definition) is 0. The third-order valence-electron chi connectivity index (χ3n) is 5.04. The Morgan fingerprint density at radius 2 is 1.67 bits per heavy atom. The molecule has 2 nitrogen and oxygen atoms in total. The number of alkyl halides is 1. The molecule has 150 valence electrons. The second-order valence-corrected chi connectivity index (χ2v) is 7.80. The van der Waals surface area contributed by atoms with Crippen LogP contribution in [0.5, 0.6) is 11.5 Å². The summed E-state index contributed by atoms with van der Waals surface area (Å²) in [6.07, 6.45) is 8.79. The molecule has 0 fully saturated rings. The summed E-state index contributed by atoms with van der Waals surface area (Å²) in [5.74, 6) is 1.97. The molecule has 0 aliphatic rings. The SMILES string of the molecule is CCCCCOc1ccc2c(CC)c(OCCCCC(Cl)CC)ccc2c1. The Labute approximate surface area is 170 Å². The molecular formula is C24H35ClO2. The molecule has 0 N–H and O–H groups in total. The van der Waals surface area contributed by atoms with Gasteiger partial charge in [-0.3, -0.25) is 0 Å². The molecule has 27 heavy (non-hydrogen) atoms. The molecular weight excluding hydrogens is 356 g/mol. The molecule has 0 aliphatic carbocycles. The van der Waals surface area contributed by atoms with Gasteiger partial charge in [0.05, 0.1) is 13.2 Å². The van der Waals surface area contributed by atoms with Crippen molar-refractivity contribution in [1.29, 1.82) is 0 Å². The smallest absolute Gasteiger partial charge is 0.123 e. The zero-order valence-corrected chi connectivity index (χ0v) is 18.0. The largest absolute Gasteiger partial charge is 0.494 e. The van der Waals surface area contributed by atoms with E-state index in [0.717, 1.165) is 63.2 Å². The van der Waals surface area contributed by atoms with E-state index in [1.165, 1.54) is 29.2 Å². The van der Waals surface area contributed by atoms with Crippen LogP contribution in [0, 0.1) is 0 Å². The molecule has 0 amide bonds. The predicted molar refractivity (Wildman–Crippen MR) is 118 cm³/mol. The molecule has 0 radical (unpaired) electrons. The van der Waals surface area contributed by atoms with Crippen LogP contribution in [0.3, 0.4) is 0 Å². The van der Waals surface area contributed by atoms with Gasteiger partial charge in [0.2, 0.25) is 0 Å². The summed E-state index contributed by atoms with van der Waals surface area (Å²) in [6, 6.07) is 10.7. The number of fused-ring (bicyclic) bond motifs is 1. The van der Waals surface area contributed by atoms with Crippen molar-refractivity contribution in [3.05, 3.63) is 35.9 Å². The van der Waals surface area contributed by atoms with Crippen molar-refractivity contribution in [2.24, 2.45) is 0 Å². The van der Waals surface area contributed by atoms with Crippen molar-refractivity contribution in [2.75, 3.05) is 13.2 Å². The highest BCUT2D eigenvalue weighted by Crippen LogP contribution is 2.31. The molecule has 0 heterocycles. The molecule has 2 aromatic carbocycles. The lowest BCUT2D eigenvalue weighted by atomic mass is 10.0. The lowest BCUT2D eigenvalue weighted by molar-refractivity contribution is 0.302. The first-order chi connectivity index (χ1) is 13.2. The molecule has 0 saturated carbocycles. The van der Waals surface area contributed by atoms with Crippen LogP contribution in [0.1, 0.15) is 71.3 Å². The fourth-order valence-electron chi connectivity index (χ4n) is 3.34. The second-order valence-electron chi connectivity index (χ2n) is 7.18. The van der Waals surface area contributed by atoms with Gasteiger partial charge in [0, 0.05) is 10.9 Å². The minimum absolute atomic E-state index is 0.301. The molecule has 1 unspecified atom stereocenters. The van der Waals surface area contributed by atoms with Crippen LogP contribution in [0.15, 0.2) is 30.3 Å². The zero-order valence-electron chi connectivity index (χ0n) is 17.2. The van der Waals surface area contributed by atoms with Crippen LogP contribution in [0.25, 0.3) is 10.8 Å². The number of unbranched alkanes of at least 4 members (excludes halogenated alkanes) is 3. The standard InChI is InChI=1S/C24H35ClO2/c1-4-7-9-16-26-21-13-14-23-19(18-21)12-15-24(22(23)6-3)27-17-10-8-11-20(25)5-2/h12-15,18,20H,4-11,16-17H2,1-3H3. The summed E-state index contributed by atoms with van der Waals surface area (Å²) in [7, 11) is 0. The third kappa shape index (κ3) is 6.92. The van der Waals surface area contributed by atoms with Crippen LogP contribution in [-0.4, -0.2) is 18.6 Å². The van der Waals surface area contributed by atoms with Crippen molar-refractivity contribution in [3.63, 3.8) is 0 Å². The van der Waals surface area contributed by atoms with E-state index in [4.69, 9.17) is 21.1 Å². The molecule has 3 heteroatoms. The maximum Gasteiger partial charge on any atom is 0.123 e. The highest BCUT2D eigenvalue weighted by molar-refractivity contribution is 6.20. The first-order valence-corrected chi connectivity index (χ1v) is 11.1. The minimum atomic E-state index is 0.301. The summed E-state index contributed by atoms with van der Waals surface area (Å²) in [4.78, 5) is 0. The van der Waals surface area contributed by atoms with Crippen molar-refractivity contribution in [3.8, 4) is 11.5 Å². The summed E-state index contributed by atoms with van der Waals surface area (Å²) < 4.78 is 12.0. The quantitative estimate of drug-likeness (QED) is 0.260. The molecule has 0 aromatic heterocycles. The van der Waals surface area contributed by atoms with Crippen molar-refractivity contribution >= 4 is 22.4 Å². The van der Waals surface area contributed by atoms with Gasteiger partial charge in [0.15, 0.2) is 0 Å². The van der Waals surface area contributed by atoms with Crippen LogP contribution >= 0.6 is 11.6 Å². The zero-order chi connectivity index (χ0) is 19.5. The van der Waals surface area contributed by atoms with E-state index in [1.54, 1.807) is 0 Å². The van der Waals surface area contributed by atoms with Crippen molar-refractivity contribution < 1.29 is 9.47 Å². The van der Waals surface area contributed by atoms with E-state index in [9.17, 15) is 0 Å². The van der Waals surface area contributed by atoms with Crippen molar-refractivity contribution in [2.45, 2.75) is 77.5 Å². The van der Waals surface area contributed by atoms with E-state index >= 15 is 0 Å². The Hall–Kier alpha value is -1.41. The average Bonchev–Trinajstić information content (AvgIpc) is 2.70. The summed E-state index contributed by atoms with van der Waals surface area (Å²) in [6.45, 7) is 8.09. The highest BCUT2D eigenvalue weighted by atomic mass is 35.5. The Balaban J connectivity index is 1.97. The maximum atomic E-state index is 6.18. The predicted octanol–water partition coefficient (Wildman–Crippen LogP) is 7.54. The van der Waals surface area contributed by atoms with Gasteiger partial charge in [0.25, 0.3) is 0 Å². The maximum absolute atomic E-state index is 6.18. The summed E-state index contributed by atoms with van der Waals surface area (Å²) in [5, 5.41) is 2.79. The van der Waals surface area contributed by atoms with Gasteiger partial charge in [-0.25, -0.2) is 0 Å². The van der Waals surface area contributed by atoms with Gasteiger partial charge in [-0.2, -0.15) is 0 Å². The lowest BCUT2D eigenvalue weighted by Crippen LogP contribution is -2.03. The van der Waals surface area contributed by atoms with Gasteiger partial charge >= 0.3 is 0 Å². The molecule has 1 atom stereocenters. The van der Waals surface area contributed by atoms with E-state index in [0.29, 0.717) is 5.38 Å². The Bertz CT molecular complexity index is 683. The fourth-order valence-corrected chi connectivity index (χ4v) is 3.49. The Morgan fingerprint density at radius 1 is 0.889 bits per heavy atom. The van der Waals surface area contributed by atoms with Gasteiger partial charge in [-0.05, 0) is 67.5 Å². The monoisotopic (exact) mass is 390 g/mol. The topological polar surface area (TPSA) is 18.5 Å². The molecule has 0 spiro atoms. The van der Waals surface area contributed by atoms with Gasteiger partial charge in [0.1, 0.15) is 11.5 Å². The van der Waals surface area contributed by atoms with E-state index in [-0.39, 0.29) is 0 Å². The number of aryl methyl sites for hydroxylation is 1. The lowest BCUT2D eigenvalue weighted by Gasteiger charge is -2.14. The number of rotatable bonds is 13. The molecule has 0 saturated heterocycles. The first-order valence-electron chi connectivity index (χ1n) is 10.6. The normalized spacial score (nSPS) is 12.3. The average molecular weight is 391 g/mol. The molecule has 0 bridgehead atoms. The number of ether oxygens (including phenoxy) is 2. The van der Waals surface area contributed by atoms with Gasteiger partial charge < -0.3 is 9.47 Å². The van der Waals surface area contributed by atoms with E-state index in [1.807, 2.05) is 0 Å². The van der Waals surface area contributed by atoms with E-state index in [2.05, 4.69) is 51.1 Å². The number of benzene rings is 2. The number of halogens is 1. The first kappa shape index (κ1) is 21.9. The highest BCUT2D eigenvalue weighted by Gasteiger charge is 2.09. The Kier molecular flexibility index (Phi) is 9.83. The molecule has 2 rings (SSSR count). The van der Waals surface area contributed by atoms with Crippen molar-refractivity contribution in [1.82, 2.24) is 0 Å². The molecule has 2 aromatic rings. The molecule has 0 aliphatic heterocycles.